The van der Waals surface area contributed by atoms with E-state index >= 15 is 0 Å². The van der Waals surface area contributed by atoms with Crippen LogP contribution in [0.2, 0.25) is 0 Å². The Bertz CT molecular complexity index is 780. The van der Waals surface area contributed by atoms with Gasteiger partial charge in [0.1, 0.15) is 0 Å². The van der Waals surface area contributed by atoms with Gasteiger partial charge in [0.15, 0.2) is 0 Å². The van der Waals surface area contributed by atoms with Crippen molar-refractivity contribution in [1.29, 1.82) is 0 Å². The van der Waals surface area contributed by atoms with Gasteiger partial charge in [-0.1, -0.05) is 30.3 Å². The number of rotatable bonds is 1. The van der Waals surface area contributed by atoms with Crippen LogP contribution in [0.1, 0.15) is 15.9 Å². The second-order valence-corrected chi connectivity index (χ2v) is 4.57. The number of carbonyl (C=O) groups is 1. The molecule has 2 aromatic carbocycles. The summed E-state index contributed by atoms with van der Waals surface area (Å²) < 4.78 is 0. The van der Waals surface area contributed by atoms with E-state index in [1.807, 2.05) is 43.3 Å². The lowest BCUT2D eigenvalue weighted by Crippen LogP contribution is -1.95. The smallest absolute Gasteiger partial charge is 0.254 e. The third-order valence-electron chi connectivity index (χ3n) is 3.19. The Hall–Kier alpha value is -1.93. The van der Waals surface area contributed by atoms with Gasteiger partial charge in [-0.25, -0.2) is 4.98 Å². The fraction of sp³-hybridized carbons (Fsp3) is 0.0667. The third-order valence-corrected chi connectivity index (χ3v) is 3.40. The molecule has 1 heterocycles. The molecule has 1 aromatic heterocycles. The maximum Gasteiger partial charge on any atom is 0.254 e. The predicted molar refractivity (Wildman–Crippen MR) is 74.2 cm³/mol. The quantitative estimate of drug-likeness (QED) is 0.485. The first-order chi connectivity index (χ1) is 8.68. The zero-order chi connectivity index (χ0) is 12.7. The molecule has 0 radical (unpaired) electrons. The molecule has 0 bridgehead atoms. The van der Waals surface area contributed by atoms with Crippen molar-refractivity contribution in [2.75, 3.05) is 0 Å². The van der Waals surface area contributed by atoms with Crippen LogP contribution in [-0.4, -0.2) is 10.2 Å². The number of para-hydroxylation sites is 2. The lowest BCUT2D eigenvalue weighted by Gasteiger charge is -2.08. The number of fused-ring (bicyclic) bond motifs is 2. The van der Waals surface area contributed by atoms with Gasteiger partial charge in [0.2, 0.25) is 0 Å². The molecule has 0 unspecified atom stereocenters. The number of aromatic nitrogens is 1. The maximum atomic E-state index is 11.4. The zero-order valence-electron chi connectivity index (χ0n) is 9.77. The molecule has 0 N–H and O–H groups in total. The highest BCUT2D eigenvalue weighted by molar-refractivity contribution is 6.68. The first-order valence-electron chi connectivity index (χ1n) is 5.66. The molecule has 0 aliphatic heterocycles. The number of halogens is 1. The van der Waals surface area contributed by atoms with Crippen molar-refractivity contribution in [1.82, 2.24) is 4.98 Å². The monoisotopic (exact) mass is 255 g/mol. The summed E-state index contributed by atoms with van der Waals surface area (Å²) in [5.41, 5.74) is 3.14. The number of nitrogens with zero attached hydrogens (tertiary/aromatic N) is 1. The average molecular weight is 256 g/mol. The highest BCUT2D eigenvalue weighted by Crippen LogP contribution is 2.27. The molecule has 3 rings (SSSR count). The molecule has 0 amide bonds. The SMILES string of the molecule is Cc1c2ccccc2nc2c(C(=O)Cl)cccc12. The van der Waals surface area contributed by atoms with Gasteiger partial charge in [0, 0.05) is 10.8 Å². The molecule has 0 aliphatic carbocycles. The van der Waals surface area contributed by atoms with Crippen molar-refractivity contribution in [3.63, 3.8) is 0 Å². The minimum Gasteiger partial charge on any atom is -0.276 e. The zero-order valence-corrected chi connectivity index (χ0v) is 10.5. The summed E-state index contributed by atoms with van der Waals surface area (Å²) in [7, 11) is 0. The van der Waals surface area contributed by atoms with E-state index in [0.29, 0.717) is 11.1 Å². The summed E-state index contributed by atoms with van der Waals surface area (Å²) in [6, 6.07) is 13.4. The fourth-order valence-electron chi connectivity index (χ4n) is 2.28. The Morgan fingerprint density at radius 3 is 2.56 bits per heavy atom. The van der Waals surface area contributed by atoms with Crippen LogP contribution in [0.5, 0.6) is 0 Å². The van der Waals surface area contributed by atoms with E-state index in [1.165, 1.54) is 0 Å². The number of hydrogen-bond acceptors (Lipinski definition) is 2. The van der Waals surface area contributed by atoms with Gasteiger partial charge in [0.25, 0.3) is 5.24 Å². The van der Waals surface area contributed by atoms with Crippen molar-refractivity contribution < 1.29 is 4.79 Å². The molecular weight excluding hydrogens is 246 g/mol. The number of hydrogen-bond donors (Lipinski definition) is 0. The summed E-state index contributed by atoms with van der Waals surface area (Å²) in [5, 5.41) is 1.60. The van der Waals surface area contributed by atoms with Gasteiger partial charge < -0.3 is 0 Å². The number of pyridine rings is 1. The van der Waals surface area contributed by atoms with Crippen LogP contribution in [0.25, 0.3) is 21.8 Å². The molecule has 0 aliphatic rings. The Morgan fingerprint density at radius 1 is 1.06 bits per heavy atom. The van der Waals surface area contributed by atoms with Crippen LogP contribution >= 0.6 is 11.6 Å². The maximum absolute atomic E-state index is 11.4. The normalized spacial score (nSPS) is 11.0. The molecule has 0 fully saturated rings. The van der Waals surface area contributed by atoms with E-state index in [0.717, 1.165) is 21.9 Å². The van der Waals surface area contributed by atoms with E-state index in [9.17, 15) is 4.79 Å². The molecule has 0 spiro atoms. The first kappa shape index (κ1) is 11.2. The first-order valence-corrected chi connectivity index (χ1v) is 6.04. The van der Waals surface area contributed by atoms with Gasteiger partial charge in [-0.3, -0.25) is 4.79 Å². The van der Waals surface area contributed by atoms with E-state index in [4.69, 9.17) is 11.6 Å². The van der Waals surface area contributed by atoms with Crippen molar-refractivity contribution in [2.45, 2.75) is 6.92 Å². The number of aryl methyl sites for hydroxylation is 1. The highest BCUT2D eigenvalue weighted by atomic mass is 35.5. The molecule has 2 nitrogen and oxygen atoms in total. The van der Waals surface area contributed by atoms with Crippen LogP contribution in [-0.2, 0) is 0 Å². The third kappa shape index (κ3) is 1.57. The molecule has 88 valence electrons. The summed E-state index contributed by atoms with van der Waals surface area (Å²) in [4.78, 5) is 16.0. The van der Waals surface area contributed by atoms with Gasteiger partial charge in [-0.2, -0.15) is 0 Å². The molecular formula is C15H10ClNO. The second kappa shape index (κ2) is 4.07. The largest absolute Gasteiger partial charge is 0.276 e. The van der Waals surface area contributed by atoms with Gasteiger partial charge >= 0.3 is 0 Å². The summed E-state index contributed by atoms with van der Waals surface area (Å²) in [6.45, 7) is 2.04. The minimum atomic E-state index is -0.470. The molecule has 0 saturated heterocycles. The van der Waals surface area contributed by atoms with E-state index in [-0.39, 0.29) is 0 Å². The van der Waals surface area contributed by atoms with Gasteiger partial charge in [-0.15, -0.1) is 0 Å². The molecule has 0 saturated carbocycles. The van der Waals surface area contributed by atoms with Gasteiger partial charge in [-0.05, 0) is 36.2 Å². The van der Waals surface area contributed by atoms with Crippen molar-refractivity contribution >= 4 is 38.6 Å². The van der Waals surface area contributed by atoms with E-state index in [2.05, 4.69) is 4.98 Å². The molecule has 18 heavy (non-hydrogen) atoms. The lowest BCUT2D eigenvalue weighted by molar-refractivity contribution is 0.108. The van der Waals surface area contributed by atoms with E-state index < -0.39 is 5.24 Å². The van der Waals surface area contributed by atoms with Crippen molar-refractivity contribution in [3.8, 4) is 0 Å². The van der Waals surface area contributed by atoms with Crippen LogP contribution < -0.4 is 0 Å². The van der Waals surface area contributed by atoms with Crippen molar-refractivity contribution in [2.24, 2.45) is 0 Å². The molecule has 0 atom stereocenters. The minimum absolute atomic E-state index is 0.461. The standard InChI is InChI=1S/C15H10ClNO/c1-9-10-5-2-3-8-13(10)17-14-11(9)6-4-7-12(14)15(16)18/h2-8H,1H3. The number of benzene rings is 2. The number of carbonyl (C=O) groups excluding carboxylic acids is 1. The fourth-order valence-corrected chi connectivity index (χ4v) is 2.43. The molecule has 3 heteroatoms. The highest BCUT2D eigenvalue weighted by Gasteiger charge is 2.11. The van der Waals surface area contributed by atoms with Gasteiger partial charge in [0.05, 0.1) is 16.6 Å². The summed E-state index contributed by atoms with van der Waals surface area (Å²) in [6.07, 6.45) is 0. The van der Waals surface area contributed by atoms with Crippen LogP contribution in [0.4, 0.5) is 0 Å². The topological polar surface area (TPSA) is 30.0 Å². The lowest BCUT2D eigenvalue weighted by atomic mass is 10.0. The summed E-state index contributed by atoms with van der Waals surface area (Å²) in [5.74, 6) is 0. The van der Waals surface area contributed by atoms with Crippen molar-refractivity contribution in [3.05, 3.63) is 53.6 Å². The van der Waals surface area contributed by atoms with Crippen LogP contribution in [0, 0.1) is 6.92 Å². The van der Waals surface area contributed by atoms with Crippen LogP contribution in [0.3, 0.4) is 0 Å². The Kier molecular flexibility index (Phi) is 2.53. The summed E-state index contributed by atoms with van der Waals surface area (Å²) >= 11 is 5.61. The second-order valence-electron chi connectivity index (χ2n) is 4.23. The Labute approximate surface area is 109 Å². The van der Waals surface area contributed by atoms with Crippen LogP contribution in [0.15, 0.2) is 42.5 Å². The molecule has 3 aromatic rings. The Balaban J connectivity index is 2.55. The predicted octanol–water partition coefficient (Wildman–Crippen LogP) is 4.08. The average Bonchev–Trinajstić information content (AvgIpc) is 2.38. The Morgan fingerprint density at radius 2 is 1.78 bits per heavy atom. The van der Waals surface area contributed by atoms with E-state index in [1.54, 1.807) is 6.07 Å².